The summed E-state index contributed by atoms with van der Waals surface area (Å²) in [5.74, 6) is -2.45. The first-order chi connectivity index (χ1) is 14.3. The van der Waals surface area contributed by atoms with Gasteiger partial charge in [-0.1, -0.05) is 24.8 Å². The van der Waals surface area contributed by atoms with Crippen LogP contribution in [0.1, 0.15) is 25.3 Å². The predicted octanol–water partition coefficient (Wildman–Crippen LogP) is 3.68. The Balaban J connectivity index is 2.71. The van der Waals surface area contributed by atoms with Gasteiger partial charge in [-0.2, -0.15) is 11.8 Å². The summed E-state index contributed by atoms with van der Waals surface area (Å²) in [4.78, 5) is 41.1. The third-order valence-corrected chi connectivity index (χ3v) is 5.11. The molecule has 30 heavy (non-hydrogen) atoms. The van der Waals surface area contributed by atoms with Crippen LogP contribution in [0.3, 0.4) is 0 Å². The average molecular weight is 432 g/mol. The minimum Gasteiger partial charge on any atom is -0.465 e. The number of benzene rings is 1. The van der Waals surface area contributed by atoms with Crippen molar-refractivity contribution < 1.29 is 24.0 Å². The number of ether oxygens (including phenoxy) is 2. The predicted molar refractivity (Wildman–Crippen MR) is 116 cm³/mol. The van der Waals surface area contributed by atoms with Gasteiger partial charge < -0.3 is 9.47 Å². The SMILES string of the molecule is C=CCOC(=O)C1=C(C)N=C(CSC)C(C(=O)OCC)C1c1cccc([N+](=O)[O-])c1. The maximum absolute atomic E-state index is 12.9. The minimum atomic E-state index is -0.894. The summed E-state index contributed by atoms with van der Waals surface area (Å²) in [6, 6.07) is 5.90. The second-order valence-corrected chi connectivity index (χ2v) is 7.35. The van der Waals surface area contributed by atoms with Crippen molar-refractivity contribution in [3.63, 3.8) is 0 Å². The summed E-state index contributed by atoms with van der Waals surface area (Å²) in [6.45, 7) is 7.03. The topological polar surface area (TPSA) is 108 Å². The molecule has 0 spiro atoms. The lowest BCUT2D eigenvalue weighted by atomic mass is 9.75. The van der Waals surface area contributed by atoms with Crippen LogP contribution in [0.15, 0.2) is 53.2 Å². The van der Waals surface area contributed by atoms with E-state index in [-0.39, 0.29) is 24.5 Å². The van der Waals surface area contributed by atoms with Crippen LogP contribution in [0.5, 0.6) is 0 Å². The number of nitro benzene ring substituents is 1. The monoisotopic (exact) mass is 432 g/mol. The van der Waals surface area contributed by atoms with Crippen molar-refractivity contribution in [1.29, 1.82) is 0 Å². The standard InChI is InChI=1S/C21H24N2O6S/c1-5-10-29-20(24)17-13(3)22-16(12-30-4)19(21(25)28-6-2)18(17)14-8-7-9-15(11-14)23(26)27/h5,7-9,11,18-19H,1,6,10,12H2,2-4H3. The molecule has 0 fully saturated rings. The van der Waals surface area contributed by atoms with E-state index in [0.717, 1.165) is 0 Å². The average Bonchev–Trinajstić information content (AvgIpc) is 2.71. The highest BCUT2D eigenvalue weighted by Crippen LogP contribution is 2.41. The molecule has 2 atom stereocenters. The van der Waals surface area contributed by atoms with Crippen LogP contribution in [0.25, 0.3) is 0 Å². The van der Waals surface area contributed by atoms with Crippen molar-refractivity contribution >= 4 is 35.1 Å². The van der Waals surface area contributed by atoms with Crippen LogP contribution >= 0.6 is 11.8 Å². The van der Waals surface area contributed by atoms with E-state index >= 15 is 0 Å². The maximum Gasteiger partial charge on any atom is 0.336 e. The molecule has 0 amide bonds. The maximum atomic E-state index is 12.9. The Kier molecular flexibility index (Phi) is 8.35. The number of nitro groups is 1. The number of carbonyl (C=O) groups excluding carboxylic acids is 2. The number of allylic oxidation sites excluding steroid dienone is 1. The van der Waals surface area contributed by atoms with Crippen LogP contribution in [0.2, 0.25) is 0 Å². The van der Waals surface area contributed by atoms with Crippen molar-refractivity contribution in [1.82, 2.24) is 0 Å². The Morgan fingerprint density at radius 3 is 2.70 bits per heavy atom. The van der Waals surface area contributed by atoms with Crippen LogP contribution in [0.4, 0.5) is 5.69 Å². The Bertz CT molecular complexity index is 909. The van der Waals surface area contributed by atoms with Gasteiger partial charge in [0.1, 0.15) is 12.5 Å². The summed E-state index contributed by atoms with van der Waals surface area (Å²) in [7, 11) is 0. The summed E-state index contributed by atoms with van der Waals surface area (Å²) in [6.07, 6.45) is 3.31. The lowest BCUT2D eigenvalue weighted by molar-refractivity contribution is -0.384. The lowest BCUT2D eigenvalue weighted by Gasteiger charge is -2.32. The van der Waals surface area contributed by atoms with E-state index in [2.05, 4.69) is 11.6 Å². The highest BCUT2D eigenvalue weighted by molar-refractivity contribution is 7.99. The first kappa shape index (κ1) is 23.3. The number of hydrogen-bond donors (Lipinski definition) is 0. The molecule has 1 aliphatic heterocycles. The van der Waals surface area contributed by atoms with Gasteiger partial charge in [0.15, 0.2) is 0 Å². The summed E-state index contributed by atoms with van der Waals surface area (Å²) < 4.78 is 10.5. The Hall–Kier alpha value is -2.94. The molecule has 1 aromatic carbocycles. The fourth-order valence-corrected chi connectivity index (χ4v) is 3.92. The summed E-state index contributed by atoms with van der Waals surface area (Å²) >= 11 is 1.48. The molecule has 1 aromatic rings. The van der Waals surface area contributed by atoms with E-state index in [1.165, 1.54) is 36.0 Å². The Labute approximate surface area is 179 Å². The Morgan fingerprint density at radius 2 is 2.10 bits per heavy atom. The molecule has 8 nitrogen and oxygen atoms in total. The first-order valence-corrected chi connectivity index (χ1v) is 10.7. The highest BCUT2D eigenvalue weighted by atomic mass is 32.2. The number of rotatable bonds is 9. The van der Waals surface area contributed by atoms with Crippen LogP contribution in [-0.4, -0.2) is 47.8 Å². The molecular formula is C21H24N2O6S. The molecule has 2 rings (SSSR count). The van der Waals surface area contributed by atoms with E-state index < -0.39 is 28.7 Å². The van der Waals surface area contributed by atoms with E-state index in [1.807, 2.05) is 6.26 Å². The second kappa shape index (κ2) is 10.7. The molecule has 160 valence electrons. The van der Waals surface area contributed by atoms with Crippen molar-refractivity contribution in [2.45, 2.75) is 19.8 Å². The van der Waals surface area contributed by atoms with Crippen LogP contribution in [0, 0.1) is 16.0 Å². The molecule has 2 unspecified atom stereocenters. The van der Waals surface area contributed by atoms with Crippen molar-refractivity contribution in [2.75, 3.05) is 25.2 Å². The summed E-state index contributed by atoms with van der Waals surface area (Å²) in [5.41, 5.74) is 1.45. The Morgan fingerprint density at radius 1 is 1.37 bits per heavy atom. The fraction of sp³-hybridized carbons (Fsp3) is 0.381. The van der Waals surface area contributed by atoms with Gasteiger partial charge in [0, 0.05) is 35.2 Å². The molecular weight excluding hydrogens is 408 g/mol. The third kappa shape index (κ3) is 5.15. The molecule has 0 N–H and O–H groups in total. The first-order valence-electron chi connectivity index (χ1n) is 9.31. The zero-order chi connectivity index (χ0) is 22.3. The zero-order valence-electron chi connectivity index (χ0n) is 17.1. The molecule has 0 bridgehead atoms. The van der Waals surface area contributed by atoms with E-state index in [1.54, 1.807) is 19.9 Å². The third-order valence-electron chi connectivity index (χ3n) is 4.53. The quantitative estimate of drug-likeness (QED) is 0.253. The highest BCUT2D eigenvalue weighted by Gasteiger charge is 2.43. The smallest absolute Gasteiger partial charge is 0.336 e. The fourth-order valence-electron chi connectivity index (χ4n) is 3.38. The number of nitrogens with zero attached hydrogens (tertiary/aromatic N) is 2. The van der Waals surface area contributed by atoms with E-state index in [9.17, 15) is 19.7 Å². The van der Waals surface area contributed by atoms with Gasteiger partial charge >= 0.3 is 11.9 Å². The van der Waals surface area contributed by atoms with Crippen LogP contribution in [-0.2, 0) is 19.1 Å². The van der Waals surface area contributed by atoms with Crippen molar-refractivity contribution in [2.24, 2.45) is 10.9 Å². The number of esters is 2. The van der Waals surface area contributed by atoms with Crippen molar-refractivity contribution in [3.8, 4) is 0 Å². The second-order valence-electron chi connectivity index (χ2n) is 6.48. The molecule has 0 aromatic heterocycles. The van der Waals surface area contributed by atoms with Gasteiger partial charge in [-0.15, -0.1) is 0 Å². The largest absolute Gasteiger partial charge is 0.465 e. The molecule has 1 heterocycles. The number of hydrogen-bond acceptors (Lipinski definition) is 8. The number of non-ortho nitro benzene ring substituents is 1. The molecule has 0 radical (unpaired) electrons. The van der Waals surface area contributed by atoms with Gasteiger partial charge in [-0.3, -0.25) is 19.9 Å². The van der Waals surface area contributed by atoms with Gasteiger partial charge in [0.2, 0.25) is 0 Å². The number of thioether (sulfide) groups is 1. The summed E-state index contributed by atoms with van der Waals surface area (Å²) in [5, 5.41) is 11.3. The molecule has 0 saturated heterocycles. The van der Waals surface area contributed by atoms with Gasteiger partial charge in [0.05, 0.1) is 17.1 Å². The van der Waals surface area contributed by atoms with Gasteiger partial charge in [-0.05, 0) is 25.7 Å². The van der Waals surface area contributed by atoms with E-state index in [4.69, 9.17) is 9.47 Å². The van der Waals surface area contributed by atoms with Gasteiger partial charge in [0.25, 0.3) is 5.69 Å². The van der Waals surface area contributed by atoms with E-state index in [0.29, 0.717) is 22.7 Å². The van der Waals surface area contributed by atoms with Crippen molar-refractivity contribution in [3.05, 3.63) is 63.9 Å². The lowest BCUT2D eigenvalue weighted by Crippen LogP contribution is -2.38. The molecule has 0 saturated carbocycles. The number of aliphatic imine (C=N–C) groups is 1. The molecule has 9 heteroatoms. The zero-order valence-corrected chi connectivity index (χ0v) is 17.9. The number of carbonyl (C=O) groups is 2. The van der Waals surface area contributed by atoms with Gasteiger partial charge in [-0.25, -0.2) is 4.79 Å². The minimum absolute atomic E-state index is 0.0112. The molecule has 0 aliphatic carbocycles. The van der Waals surface area contributed by atoms with Crippen LogP contribution < -0.4 is 0 Å². The molecule has 1 aliphatic rings. The normalized spacial score (nSPS) is 18.4.